The van der Waals surface area contributed by atoms with Crippen molar-refractivity contribution in [3.8, 4) is 0 Å². The molecule has 0 aromatic heterocycles. The third-order valence-electron chi connectivity index (χ3n) is 11.3. The van der Waals surface area contributed by atoms with Crippen LogP contribution in [0.4, 0.5) is 0 Å². The van der Waals surface area contributed by atoms with E-state index in [0.29, 0.717) is 19.3 Å². The van der Waals surface area contributed by atoms with Crippen molar-refractivity contribution in [1.29, 1.82) is 0 Å². The number of allylic oxidation sites excluding steroid dienone is 16. The van der Waals surface area contributed by atoms with Crippen LogP contribution >= 0.6 is 0 Å². The number of carbonyl (C=O) groups is 3. The van der Waals surface area contributed by atoms with Crippen LogP contribution in [0, 0.1) is 0 Å². The monoisotopic (exact) mass is 917 g/mol. The standard InChI is InChI=1S/C60H100O6/c1-4-7-10-13-16-19-22-25-27-29-31-32-35-38-41-44-47-50-53-59(62)65-56-57(55-64-58(61)52-49-46-43-40-37-34-24-21-18-15-12-9-6-3)66-60(63)54-51-48-45-42-39-36-33-30-28-26-23-20-17-14-11-8-5-2/h8,11,17,20,26,28,31-34,36-37,42-43,45-46,57H,4-7,9-10,12-16,18-19,21-25,27,29-30,35,38-41,44,47-56H2,1-3H3/b11-8-,20-17-,28-26-,32-31-,36-33-,37-34-,45-42-,46-43-. The Morgan fingerprint density at radius 3 is 1.08 bits per heavy atom. The van der Waals surface area contributed by atoms with Gasteiger partial charge in [-0.25, -0.2) is 0 Å². The van der Waals surface area contributed by atoms with Crippen LogP contribution < -0.4 is 0 Å². The summed E-state index contributed by atoms with van der Waals surface area (Å²) < 4.78 is 16.7. The molecule has 6 nitrogen and oxygen atoms in total. The van der Waals surface area contributed by atoms with Gasteiger partial charge in [0.15, 0.2) is 6.10 Å². The SMILES string of the molecule is CC/C=C\C/C=C\C/C=C\C/C=C\C/C=C\CCCC(=O)OC(COC(=O)CC/C=C\C/C=C\CCCCCCCC)COC(=O)CCCCCCC/C=C\CCCCCCCCCCC. The topological polar surface area (TPSA) is 78.9 Å². The molecule has 0 aromatic carbocycles. The van der Waals surface area contributed by atoms with Gasteiger partial charge in [-0.1, -0.05) is 221 Å². The van der Waals surface area contributed by atoms with Gasteiger partial charge in [0.05, 0.1) is 0 Å². The van der Waals surface area contributed by atoms with Crippen molar-refractivity contribution in [2.75, 3.05) is 13.2 Å². The van der Waals surface area contributed by atoms with Crippen molar-refractivity contribution in [2.24, 2.45) is 0 Å². The van der Waals surface area contributed by atoms with Gasteiger partial charge >= 0.3 is 17.9 Å². The van der Waals surface area contributed by atoms with Crippen molar-refractivity contribution in [3.05, 3.63) is 97.2 Å². The maximum Gasteiger partial charge on any atom is 0.306 e. The van der Waals surface area contributed by atoms with E-state index in [0.717, 1.165) is 83.5 Å². The molecule has 0 fully saturated rings. The maximum atomic E-state index is 12.8. The Morgan fingerprint density at radius 1 is 0.318 bits per heavy atom. The summed E-state index contributed by atoms with van der Waals surface area (Å²) in [6.45, 7) is 6.41. The first kappa shape index (κ1) is 62.3. The molecule has 0 aliphatic carbocycles. The van der Waals surface area contributed by atoms with E-state index in [9.17, 15) is 14.4 Å². The molecule has 66 heavy (non-hydrogen) atoms. The molecule has 0 amide bonds. The normalized spacial score (nSPS) is 12.8. The fraction of sp³-hybridized carbons (Fsp3) is 0.683. The van der Waals surface area contributed by atoms with E-state index in [-0.39, 0.29) is 44.0 Å². The Bertz CT molecular complexity index is 1330. The van der Waals surface area contributed by atoms with E-state index in [4.69, 9.17) is 14.2 Å². The third kappa shape index (κ3) is 51.3. The Labute approximate surface area is 407 Å². The second kappa shape index (κ2) is 53.9. The Hall–Kier alpha value is -3.67. The van der Waals surface area contributed by atoms with Gasteiger partial charge in [-0.15, -0.1) is 0 Å². The fourth-order valence-electron chi connectivity index (χ4n) is 7.23. The number of esters is 3. The second-order valence-electron chi connectivity index (χ2n) is 17.7. The third-order valence-corrected chi connectivity index (χ3v) is 11.3. The lowest BCUT2D eigenvalue weighted by Crippen LogP contribution is -2.30. The smallest absolute Gasteiger partial charge is 0.306 e. The van der Waals surface area contributed by atoms with Gasteiger partial charge in [0.1, 0.15) is 13.2 Å². The minimum Gasteiger partial charge on any atom is -0.462 e. The summed E-state index contributed by atoms with van der Waals surface area (Å²) >= 11 is 0. The van der Waals surface area contributed by atoms with Crippen LogP contribution in [0.5, 0.6) is 0 Å². The van der Waals surface area contributed by atoms with E-state index in [1.165, 1.54) is 109 Å². The number of carbonyl (C=O) groups excluding carboxylic acids is 3. The quantitative estimate of drug-likeness (QED) is 0.0262. The van der Waals surface area contributed by atoms with Crippen LogP contribution in [0.3, 0.4) is 0 Å². The van der Waals surface area contributed by atoms with E-state index in [2.05, 4.69) is 112 Å². The highest BCUT2D eigenvalue weighted by molar-refractivity contribution is 5.71. The molecular formula is C60H100O6. The van der Waals surface area contributed by atoms with Crippen LogP contribution in [0.1, 0.15) is 245 Å². The zero-order valence-corrected chi connectivity index (χ0v) is 42.9. The maximum absolute atomic E-state index is 12.8. The lowest BCUT2D eigenvalue weighted by atomic mass is 10.1. The van der Waals surface area contributed by atoms with E-state index >= 15 is 0 Å². The molecule has 0 bridgehead atoms. The summed E-state index contributed by atoms with van der Waals surface area (Å²) in [7, 11) is 0. The summed E-state index contributed by atoms with van der Waals surface area (Å²) in [5, 5.41) is 0. The molecule has 0 rings (SSSR count). The lowest BCUT2D eigenvalue weighted by Gasteiger charge is -2.18. The highest BCUT2D eigenvalue weighted by atomic mass is 16.6. The van der Waals surface area contributed by atoms with Gasteiger partial charge in [0.25, 0.3) is 0 Å². The zero-order valence-electron chi connectivity index (χ0n) is 42.9. The van der Waals surface area contributed by atoms with Crippen molar-refractivity contribution >= 4 is 17.9 Å². The van der Waals surface area contributed by atoms with E-state index in [1.807, 2.05) is 6.08 Å². The van der Waals surface area contributed by atoms with Gasteiger partial charge in [-0.3, -0.25) is 14.4 Å². The largest absolute Gasteiger partial charge is 0.462 e. The number of unbranched alkanes of at least 4 members (excludes halogenated alkanes) is 21. The van der Waals surface area contributed by atoms with Gasteiger partial charge in [0.2, 0.25) is 0 Å². The summed E-state index contributed by atoms with van der Waals surface area (Å²) in [5.74, 6) is -1.06. The van der Waals surface area contributed by atoms with Gasteiger partial charge in [0, 0.05) is 19.3 Å². The molecule has 0 aromatic rings. The van der Waals surface area contributed by atoms with Crippen molar-refractivity contribution in [2.45, 2.75) is 252 Å². The zero-order chi connectivity index (χ0) is 47.9. The highest BCUT2D eigenvalue weighted by Gasteiger charge is 2.19. The Kier molecular flexibility index (Phi) is 50.9. The van der Waals surface area contributed by atoms with E-state index < -0.39 is 6.10 Å². The van der Waals surface area contributed by atoms with Crippen LogP contribution in [-0.4, -0.2) is 37.2 Å². The molecule has 0 spiro atoms. The average Bonchev–Trinajstić information content (AvgIpc) is 3.31. The predicted molar refractivity (Wildman–Crippen MR) is 284 cm³/mol. The van der Waals surface area contributed by atoms with Gasteiger partial charge < -0.3 is 14.2 Å². The molecule has 0 saturated heterocycles. The molecule has 0 saturated carbocycles. The summed E-state index contributed by atoms with van der Waals surface area (Å²) in [5.41, 5.74) is 0. The molecule has 0 heterocycles. The highest BCUT2D eigenvalue weighted by Crippen LogP contribution is 2.13. The molecule has 0 radical (unpaired) electrons. The molecule has 1 unspecified atom stereocenters. The summed E-state index contributed by atoms with van der Waals surface area (Å²) in [6, 6.07) is 0. The second-order valence-corrected chi connectivity index (χ2v) is 17.7. The minimum absolute atomic E-state index is 0.122. The van der Waals surface area contributed by atoms with Crippen LogP contribution in [-0.2, 0) is 28.6 Å². The minimum atomic E-state index is -0.834. The summed E-state index contributed by atoms with van der Waals surface area (Å²) in [4.78, 5) is 38.0. The molecule has 0 aliphatic rings. The van der Waals surface area contributed by atoms with Crippen molar-refractivity contribution < 1.29 is 28.6 Å². The van der Waals surface area contributed by atoms with Crippen molar-refractivity contribution in [3.63, 3.8) is 0 Å². The molecule has 0 aliphatic heterocycles. The number of hydrogen-bond acceptors (Lipinski definition) is 6. The van der Waals surface area contributed by atoms with Crippen LogP contribution in [0.25, 0.3) is 0 Å². The van der Waals surface area contributed by atoms with Gasteiger partial charge in [-0.05, 0) is 103 Å². The number of rotatable bonds is 48. The molecule has 6 heteroatoms. The Morgan fingerprint density at radius 2 is 0.636 bits per heavy atom. The lowest BCUT2D eigenvalue weighted by molar-refractivity contribution is -0.166. The fourth-order valence-corrected chi connectivity index (χ4v) is 7.23. The summed E-state index contributed by atoms with van der Waals surface area (Å²) in [6.07, 6.45) is 71.3. The first-order chi connectivity index (χ1) is 32.5. The Balaban J connectivity index is 4.53. The molecule has 376 valence electrons. The number of hydrogen-bond donors (Lipinski definition) is 0. The first-order valence-corrected chi connectivity index (χ1v) is 27.2. The predicted octanol–water partition coefficient (Wildman–Crippen LogP) is 18.1. The van der Waals surface area contributed by atoms with Gasteiger partial charge in [-0.2, -0.15) is 0 Å². The molecule has 0 N–H and O–H groups in total. The average molecular weight is 917 g/mol. The molecular weight excluding hydrogens is 817 g/mol. The van der Waals surface area contributed by atoms with Crippen molar-refractivity contribution in [1.82, 2.24) is 0 Å². The van der Waals surface area contributed by atoms with Crippen LogP contribution in [0.15, 0.2) is 97.2 Å². The number of ether oxygens (including phenoxy) is 3. The van der Waals surface area contributed by atoms with Crippen LogP contribution in [0.2, 0.25) is 0 Å². The van der Waals surface area contributed by atoms with E-state index in [1.54, 1.807) is 0 Å². The first-order valence-electron chi connectivity index (χ1n) is 27.2. The molecule has 1 atom stereocenters.